The Bertz CT molecular complexity index is 403. The maximum atomic E-state index is 11.7. The molecule has 4 heteroatoms. The number of halogens is 1. The number of anilines is 1. The Kier molecular flexibility index (Phi) is 2.11. The van der Waals surface area contributed by atoms with Gasteiger partial charge in [-0.3, -0.25) is 4.79 Å². The van der Waals surface area contributed by atoms with Crippen LogP contribution in [0.15, 0.2) is 12.1 Å². The first-order valence-electron chi connectivity index (χ1n) is 4.51. The van der Waals surface area contributed by atoms with Gasteiger partial charge in [-0.1, -0.05) is 11.6 Å². The van der Waals surface area contributed by atoms with Gasteiger partial charge in [-0.2, -0.15) is 0 Å². The Morgan fingerprint density at radius 2 is 2.29 bits per heavy atom. The first-order valence-corrected chi connectivity index (χ1v) is 4.89. The number of rotatable bonds is 1. The van der Waals surface area contributed by atoms with Crippen molar-refractivity contribution in [2.75, 3.05) is 12.3 Å². The summed E-state index contributed by atoms with van der Waals surface area (Å²) in [6, 6.07) is 3.42. The minimum absolute atomic E-state index is 0.0471. The Morgan fingerprint density at radius 3 is 2.93 bits per heavy atom. The van der Waals surface area contributed by atoms with Gasteiger partial charge < -0.3 is 10.6 Å². The van der Waals surface area contributed by atoms with Gasteiger partial charge >= 0.3 is 0 Å². The molecule has 0 aromatic heterocycles. The molecular formula is C10H11ClN2O. The van der Waals surface area contributed by atoms with Gasteiger partial charge in [-0.05, 0) is 19.1 Å². The van der Waals surface area contributed by atoms with Crippen LogP contribution in [0.5, 0.6) is 0 Å². The summed E-state index contributed by atoms with van der Waals surface area (Å²) in [5.74, 6) is 0.0471. The third-order valence-corrected chi connectivity index (χ3v) is 2.88. The summed E-state index contributed by atoms with van der Waals surface area (Å²) < 4.78 is 0. The molecule has 0 radical (unpaired) electrons. The summed E-state index contributed by atoms with van der Waals surface area (Å²) in [7, 11) is 0. The van der Waals surface area contributed by atoms with Crippen LogP contribution in [0, 0.1) is 0 Å². The largest absolute Gasteiger partial charge is 0.397 e. The highest BCUT2D eigenvalue weighted by molar-refractivity contribution is 6.33. The molecule has 0 bridgehead atoms. The molecule has 1 heterocycles. The van der Waals surface area contributed by atoms with Crippen LogP contribution in [0.3, 0.4) is 0 Å². The second-order valence-corrected chi connectivity index (χ2v) is 3.71. The molecule has 1 aromatic rings. The second kappa shape index (κ2) is 3.17. The predicted octanol–water partition coefficient (Wildman–Crippen LogP) is 1.90. The Balaban J connectivity index is 2.53. The molecule has 1 aliphatic heterocycles. The van der Waals surface area contributed by atoms with Gasteiger partial charge in [0.15, 0.2) is 0 Å². The fraction of sp³-hybridized carbons (Fsp3) is 0.300. The molecule has 0 aliphatic carbocycles. The predicted molar refractivity (Wildman–Crippen MR) is 56.3 cm³/mol. The quantitative estimate of drug-likeness (QED) is 0.720. The number of carbonyl (C=O) groups excluding carboxylic acids is 1. The smallest absolute Gasteiger partial charge is 0.254 e. The molecule has 0 fully saturated rings. The fourth-order valence-corrected chi connectivity index (χ4v) is 1.87. The first-order chi connectivity index (χ1) is 6.65. The summed E-state index contributed by atoms with van der Waals surface area (Å²) in [5.41, 5.74) is 7.89. The van der Waals surface area contributed by atoms with Crippen molar-refractivity contribution in [1.29, 1.82) is 0 Å². The van der Waals surface area contributed by atoms with Crippen LogP contribution >= 0.6 is 11.6 Å². The van der Waals surface area contributed by atoms with Crippen molar-refractivity contribution >= 4 is 23.2 Å². The Morgan fingerprint density at radius 1 is 1.57 bits per heavy atom. The van der Waals surface area contributed by atoms with Crippen LogP contribution < -0.4 is 5.73 Å². The molecule has 0 unspecified atom stereocenters. The molecule has 14 heavy (non-hydrogen) atoms. The van der Waals surface area contributed by atoms with Crippen molar-refractivity contribution in [1.82, 2.24) is 4.90 Å². The number of nitrogens with zero attached hydrogens (tertiary/aromatic N) is 1. The van der Waals surface area contributed by atoms with Crippen LogP contribution in [0.1, 0.15) is 22.8 Å². The number of carbonyl (C=O) groups is 1. The third kappa shape index (κ3) is 1.16. The summed E-state index contributed by atoms with van der Waals surface area (Å²) in [5, 5.41) is 0.523. The van der Waals surface area contributed by atoms with E-state index in [0.717, 1.165) is 5.56 Å². The van der Waals surface area contributed by atoms with Crippen LogP contribution in [0.2, 0.25) is 5.02 Å². The van der Waals surface area contributed by atoms with Gasteiger partial charge in [0, 0.05) is 24.2 Å². The van der Waals surface area contributed by atoms with Gasteiger partial charge in [0.2, 0.25) is 0 Å². The summed E-state index contributed by atoms with van der Waals surface area (Å²) >= 11 is 5.88. The van der Waals surface area contributed by atoms with Crippen molar-refractivity contribution in [2.24, 2.45) is 0 Å². The summed E-state index contributed by atoms with van der Waals surface area (Å²) in [6.07, 6.45) is 0. The zero-order valence-corrected chi connectivity index (χ0v) is 8.64. The van der Waals surface area contributed by atoms with Gasteiger partial charge in [0.1, 0.15) is 0 Å². The second-order valence-electron chi connectivity index (χ2n) is 3.31. The molecule has 0 atom stereocenters. The molecule has 0 spiro atoms. The van der Waals surface area contributed by atoms with E-state index in [-0.39, 0.29) is 5.91 Å². The lowest BCUT2D eigenvalue weighted by Crippen LogP contribution is -2.22. The van der Waals surface area contributed by atoms with E-state index in [4.69, 9.17) is 17.3 Å². The highest BCUT2D eigenvalue weighted by atomic mass is 35.5. The van der Waals surface area contributed by atoms with Crippen molar-refractivity contribution in [3.8, 4) is 0 Å². The Labute approximate surface area is 87.4 Å². The topological polar surface area (TPSA) is 46.3 Å². The molecule has 2 N–H and O–H groups in total. The molecule has 0 saturated carbocycles. The van der Waals surface area contributed by atoms with Crippen molar-refractivity contribution in [3.05, 3.63) is 28.3 Å². The van der Waals surface area contributed by atoms with E-state index in [1.54, 1.807) is 17.0 Å². The lowest BCUT2D eigenvalue weighted by atomic mass is 10.1. The lowest BCUT2D eigenvalue weighted by molar-refractivity contribution is 0.0787. The average Bonchev–Trinajstić information content (AvgIpc) is 2.50. The van der Waals surface area contributed by atoms with E-state index in [1.807, 2.05) is 6.92 Å². The van der Waals surface area contributed by atoms with Crippen molar-refractivity contribution in [2.45, 2.75) is 13.5 Å². The van der Waals surface area contributed by atoms with Gasteiger partial charge in [0.05, 0.1) is 10.7 Å². The number of nitrogen functional groups attached to an aromatic ring is 1. The number of nitrogens with two attached hydrogens (primary N) is 1. The van der Waals surface area contributed by atoms with E-state index in [1.165, 1.54) is 0 Å². The lowest BCUT2D eigenvalue weighted by Gasteiger charge is -2.11. The standard InChI is InChI=1S/C10H11ClN2O/c1-2-13-5-7-6(10(13)14)3-4-8(11)9(7)12/h3-4H,2,5,12H2,1H3. The van der Waals surface area contributed by atoms with E-state index in [9.17, 15) is 4.79 Å². The zero-order valence-electron chi connectivity index (χ0n) is 7.88. The maximum absolute atomic E-state index is 11.7. The monoisotopic (exact) mass is 210 g/mol. The van der Waals surface area contributed by atoms with Crippen LogP contribution in [0.4, 0.5) is 5.69 Å². The fourth-order valence-electron chi connectivity index (χ4n) is 1.70. The van der Waals surface area contributed by atoms with E-state index in [2.05, 4.69) is 0 Å². The maximum Gasteiger partial charge on any atom is 0.254 e. The number of hydrogen-bond acceptors (Lipinski definition) is 2. The Hall–Kier alpha value is -1.22. The van der Waals surface area contributed by atoms with Crippen molar-refractivity contribution < 1.29 is 4.79 Å². The van der Waals surface area contributed by atoms with Crippen molar-refractivity contribution in [3.63, 3.8) is 0 Å². The molecule has 1 aliphatic rings. The van der Waals surface area contributed by atoms with Gasteiger partial charge in [-0.25, -0.2) is 0 Å². The van der Waals surface area contributed by atoms with Crippen LogP contribution in [0.25, 0.3) is 0 Å². The summed E-state index contributed by atoms with van der Waals surface area (Å²) in [4.78, 5) is 13.5. The highest BCUT2D eigenvalue weighted by Gasteiger charge is 2.28. The third-order valence-electron chi connectivity index (χ3n) is 2.55. The summed E-state index contributed by atoms with van der Waals surface area (Å²) in [6.45, 7) is 3.23. The highest BCUT2D eigenvalue weighted by Crippen LogP contribution is 2.32. The zero-order chi connectivity index (χ0) is 10.3. The molecule has 1 amide bonds. The normalized spacial score (nSPS) is 14.7. The van der Waals surface area contributed by atoms with Gasteiger partial charge in [-0.15, -0.1) is 0 Å². The number of benzene rings is 1. The molecule has 3 nitrogen and oxygen atoms in total. The SMILES string of the molecule is CCN1Cc2c(ccc(Cl)c2N)C1=O. The number of fused-ring (bicyclic) bond motifs is 1. The molecule has 74 valence electrons. The minimum Gasteiger partial charge on any atom is -0.397 e. The molecule has 0 saturated heterocycles. The minimum atomic E-state index is 0.0471. The van der Waals surface area contributed by atoms with E-state index in [0.29, 0.717) is 29.4 Å². The van der Waals surface area contributed by atoms with Gasteiger partial charge in [0.25, 0.3) is 5.91 Å². The first kappa shape index (κ1) is 9.34. The molecule has 1 aromatic carbocycles. The number of hydrogen-bond donors (Lipinski definition) is 1. The van der Waals surface area contributed by atoms with Crippen LogP contribution in [-0.2, 0) is 6.54 Å². The number of amides is 1. The molecule has 2 rings (SSSR count). The molecular weight excluding hydrogens is 200 g/mol. The van der Waals surface area contributed by atoms with E-state index >= 15 is 0 Å². The van der Waals surface area contributed by atoms with E-state index < -0.39 is 0 Å². The van der Waals surface area contributed by atoms with Crippen LogP contribution in [-0.4, -0.2) is 17.4 Å². The average molecular weight is 211 g/mol.